The molecule has 1 amide bonds. The van der Waals surface area contributed by atoms with Crippen LogP contribution in [-0.2, 0) is 16.0 Å². The standard InChI is InChI=1S/C14H22N2O3S/c1-4-9(2)13(14(18)19)16-11(17)6-5-7-12-15-10(3)8-20-12/h8-9,13H,4-7H2,1-3H3,(H,16,17)(H,18,19)/t9-,13-/m0/s1. The van der Waals surface area contributed by atoms with Crippen molar-refractivity contribution in [3.63, 3.8) is 0 Å². The molecule has 1 heterocycles. The Morgan fingerprint density at radius 1 is 1.50 bits per heavy atom. The predicted molar refractivity (Wildman–Crippen MR) is 78.8 cm³/mol. The van der Waals surface area contributed by atoms with Crippen LogP contribution in [0.2, 0.25) is 0 Å². The van der Waals surface area contributed by atoms with Crippen molar-refractivity contribution >= 4 is 23.2 Å². The molecule has 6 heteroatoms. The van der Waals surface area contributed by atoms with E-state index in [1.807, 2.05) is 26.2 Å². The lowest BCUT2D eigenvalue weighted by atomic mass is 9.99. The highest BCUT2D eigenvalue weighted by Gasteiger charge is 2.24. The largest absolute Gasteiger partial charge is 0.480 e. The fourth-order valence-corrected chi connectivity index (χ4v) is 2.66. The van der Waals surface area contributed by atoms with E-state index < -0.39 is 12.0 Å². The summed E-state index contributed by atoms with van der Waals surface area (Å²) in [5.41, 5.74) is 0.997. The summed E-state index contributed by atoms with van der Waals surface area (Å²) in [6.07, 6.45) is 2.49. The number of carbonyl (C=O) groups excluding carboxylic acids is 1. The minimum atomic E-state index is -0.969. The summed E-state index contributed by atoms with van der Waals surface area (Å²) in [6.45, 7) is 5.69. The molecule has 0 radical (unpaired) electrons. The Balaban J connectivity index is 2.36. The zero-order valence-electron chi connectivity index (χ0n) is 12.2. The van der Waals surface area contributed by atoms with Crippen molar-refractivity contribution in [2.75, 3.05) is 0 Å². The first-order chi connectivity index (χ1) is 9.43. The normalized spacial score (nSPS) is 13.8. The van der Waals surface area contributed by atoms with Crippen LogP contribution in [-0.4, -0.2) is 28.0 Å². The number of aromatic nitrogens is 1. The van der Waals surface area contributed by atoms with Gasteiger partial charge in [-0.15, -0.1) is 11.3 Å². The third kappa shape index (κ3) is 5.28. The quantitative estimate of drug-likeness (QED) is 0.772. The SMILES string of the molecule is CC[C@H](C)[C@H](NC(=O)CCCc1nc(C)cs1)C(=O)O. The first kappa shape index (κ1) is 16.6. The molecule has 0 fully saturated rings. The lowest BCUT2D eigenvalue weighted by Crippen LogP contribution is -2.44. The van der Waals surface area contributed by atoms with E-state index >= 15 is 0 Å². The Labute approximate surface area is 123 Å². The second kappa shape index (κ2) is 7.99. The van der Waals surface area contributed by atoms with E-state index in [0.717, 1.165) is 23.5 Å². The average Bonchev–Trinajstić information content (AvgIpc) is 2.80. The van der Waals surface area contributed by atoms with Gasteiger partial charge in [-0.2, -0.15) is 0 Å². The van der Waals surface area contributed by atoms with E-state index in [0.29, 0.717) is 12.8 Å². The number of carboxylic acid groups (broad SMARTS) is 1. The van der Waals surface area contributed by atoms with Crippen molar-refractivity contribution in [2.24, 2.45) is 5.92 Å². The maximum Gasteiger partial charge on any atom is 0.326 e. The highest BCUT2D eigenvalue weighted by atomic mass is 32.1. The minimum absolute atomic E-state index is 0.0712. The molecule has 0 aromatic carbocycles. The van der Waals surface area contributed by atoms with Crippen LogP contribution in [0.4, 0.5) is 0 Å². The van der Waals surface area contributed by atoms with Gasteiger partial charge in [-0.25, -0.2) is 9.78 Å². The molecule has 2 N–H and O–H groups in total. The maximum absolute atomic E-state index is 11.8. The lowest BCUT2D eigenvalue weighted by molar-refractivity contribution is -0.143. The third-order valence-corrected chi connectivity index (χ3v) is 4.28. The highest BCUT2D eigenvalue weighted by Crippen LogP contribution is 2.12. The smallest absolute Gasteiger partial charge is 0.326 e. The van der Waals surface area contributed by atoms with Gasteiger partial charge in [0, 0.05) is 17.5 Å². The summed E-state index contributed by atoms with van der Waals surface area (Å²) >= 11 is 1.59. The molecule has 0 unspecified atom stereocenters. The van der Waals surface area contributed by atoms with E-state index in [9.17, 15) is 9.59 Å². The van der Waals surface area contributed by atoms with Crippen LogP contribution in [0.15, 0.2) is 5.38 Å². The van der Waals surface area contributed by atoms with Crippen molar-refractivity contribution in [1.82, 2.24) is 10.3 Å². The zero-order chi connectivity index (χ0) is 15.1. The van der Waals surface area contributed by atoms with Gasteiger partial charge >= 0.3 is 5.97 Å². The fraction of sp³-hybridized carbons (Fsp3) is 0.643. The first-order valence-electron chi connectivity index (χ1n) is 6.87. The molecule has 20 heavy (non-hydrogen) atoms. The van der Waals surface area contributed by atoms with Gasteiger partial charge in [0.15, 0.2) is 0 Å². The Kier molecular flexibility index (Phi) is 6.64. The molecule has 0 aliphatic rings. The summed E-state index contributed by atoms with van der Waals surface area (Å²) in [6, 6.07) is -0.797. The Morgan fingerprint density at radius 2 is 2.20 bits per heavy atom. The van der Waals surface area contributed by atoms with Crippen LogP contribution in [0.5, 0.6) is 0 Å². The van der Waals surface area contributed by atoms with E-state index in [2.05, 4.69) is 10.3 Å². The molecule has 0 bridgehead atoms. The van der Waals surface area contributed by atoms with Crippen molar-refractivity contribution in [3.8, 4) is 0 Å². The van der Waals surface area contributed by atoms with Crippen molar-refractivity contribution in [1.29, 1.82) is 0 Å². The number of rotatable bonds is 8. The molecule has 1 aromatic rings. The maximum atomic E-state index is 11.8. The number of aliphatic carboxylic acids is 1. The molecule has 0 spiro atoms. The summed E-state index contributed by atoms with van der Waals surface area (Å²) < 4.78 is 0. The Morgan fingerprint density at radius 3 is 2.70 bits per heavy atom. The second-order valence-corrected chi connectivity index (χ2v) is 5.95. The lowest BCUT2D eigenvalue weighted by Gasteiger charge is -2.20. The summed E-state index contributed by atoms with van der Waals surface area (Å²) in [5, 5.41) is 14.7. The Hall–Kier alpha value is -1.43. The molecule has 0 aliphatic carbocycles. The molecule has 1 rings (SSSR count). The molecular formula is C14H22N2O3S. The molecule has 1 aromatic heterocycles. The highest BCUT2D eigenvalue weighted by molar-refractivity contribution is 7.09. The number of carboxylic acids is 1. The van der Waals surface area contributed by atoms with Gasteiger partial charge in [-0.05, 0) is 25.7 Å². The molecule has 0 aliphatic heterocycles. The molecular weight excluding hydrogens is 276 g/mol. The molecule has 0 saturated carbocycles. The van der Waals surface area contributed by atoms with Crippen LogP contribution in [0.25, 0.3) is 0 Å². The van der Waals surface area contributed by atoms with E-state index in [-0.39, 0.29) is 11.8 Å². The average molecular weight is 298 g/mol. The Bertz CT molecular complexity index is 459. The summed E-state index contributed by atoms with van der Waals surface area (Å²) in [5.74, 6) is -1.24. The van der Waals surface area contributed by atoms with Gasteiger partial charge in [0.2, 0.25) is 5.91 Å². The number of amides is 1. The third-order valence-electron chi connectivity index (χ3n) is 3.26. The van der Waals surface area contributed by atoms with Crippen molar-refractivity contribution in [3.05, 3.63) is 16.1 Å². The number of hydrogen-bond acceptors (Lipinski definition) is 4. The van der Waals surface area contributed by atoms with Gasteiger partial charge in [0.25, 0.3) is 0 Å². The van der Waals surface area contributed by atoms with Gasteiger partial charge in [-0.3, -0.25) is 4.79 Å². The summed E-state index contributed by atoms with van der Waals surface area (Å²) in [7, 11) is 0. The summed E-state index contributed by atoms with van der Waals surface area (Å²) in [4.78, 5) is 27.2. The van der Waals surface area contributed by atoms with Crippen molar-refractivity contribution < 1.29 is 14.7 Å². The number of thiazole rings is 1. The van der Waals surface area contributed by atoms with E-state index in [1.165, 1.54) is 0 Å². The molecule has 112 valence electrons. The van der Waals surface area contributed by atoms with Crippen LogP contribution in [0.1, 0.15) is 43.8 Å². The van der Waals surface area contributed by atoms with Gasteiger partial charge in [-0.1, -0.05) is 20.3 Å². The van der Waals surface area contributed by atoms with E-state index in [1.54, 1.807) is 11.3 Å². The van der Waals surface area contributed by atoms with Crippen LogP contribution in [0, 0.1) is 12.8 Å². The van der Waals surface area contributed by atoms with Gasteiger partial charge in [0.05, 0.1) is 5.01 Å². The second-order valence-electron chi connectivity index (χ2n) is 5.01. The van der Waals surface area contributed by atoms with Gasteiger partial charge in [0.1, 0.15) is 6.04 Å². The minimum Gasteiger partial charge on any atom is -0.480 e. The number of nitrogens with one attached hydrogen (secondary N) is 1. The number of carbonyl (C=O) groups is 2. The van der Waals surface area contributed by atoms with Gasteiger partial charge < -0.3 is 10.4 Å². The molecule has 2 atom stereocenters. The predicted octanol–water partition coefficient (Wildman–Crippen LogP) is 2.39. The number of nitrogens with zero attached hydrogens (tertiary/aromatic N) is 1. The first-order valence-corrected chi connectivity index (χ1v) is 7.75. The fourth-order valence-electron chi connectivity index (χ4n) is 1.85. The molecule has 0 saturated heterocycles. The van der Waals surface area contributed by atoms with Crippen LogP contribution < -0.4 is 5.32 Å². The van der Waals surface area contributed by atoms with Crippen LogP contribution in [0.3, 0.4) is 0 Å². The number of hydrogen-bond donors (Lipinski definition) is 2. The van der Waals surface area contributed by atoms with Crippen LogP contribution >= 0.6 is 11.3 Å². The number of aryl methyl sites for hydroxylation is 2. The zero-order valence-corrected chi connectivity index (χ0v) is 13.0. The molecule has 5 nitrogen and oxygen atoms in total. The topological polar surface area (TPSA) is 79.3 Å². The monoisotopic (exact) mass is 298 g/mol. The van der Waals surface area contributed by atoms with Crippen molar-refractivity contribution in [2.45, 2.75) is 52.5 Å². The van der Waals surface area contributed by atoms with E-state index in [4.69, 9.17) is 5.11 Å².